The van der Waals surface area contributed by atoms with Crippen LogP contribution in [0.2, 0.25) is 0 Å². The molecule has 1 aliphatic heterocycles. The van der Waals surface area contributed by atoms with Crippen molar-refractivity contribution in [2.45, 2.75) is 105 Å². The third kappa shape index (κ3) is 8.64. The van der Waals surface area contributed by atoms with Crippen LogP contribution >= 0.6 is 0 Å². The zero-order valence-corrected chi connectivity index (χ0v) is 41.6. The molecule has 9 rings (SSSR count). The van der Waals surface area contributed by atoms with Crippen molar-refractivity contribution in [1.29, 1.82) is 0 Å². The molecule has 0 amide bonds. The third-order valence-corrected chi connectivity index (χ3v) is 12.4. The first kappa shape index (κ1) is 44.9. The molecule has 2 aromatic heterocycles. The average Bonchev–Trinajstić information content (AvgIpc) is 3.78. The van der Waals surface area contributed by atoms with Gasteiger partial charge in [-0.05, 0) is 103 Å². The fourth-order valence-electron chi connectivity index (χ4n) is 8.47. The molecule has 1 aliphatic rings. The summed E-state index contributed by atoms with van der Waals surface area (Å²) in [5, 5.41) is 2.24. The van der Waals surface area contributed by atoms with Crippen molar-refractivity contribution < 1.29 is 25.8 Å². The Morgan fingerprint density at radius 1 is 0.500 bits per heavy atom. The van der Waals surface area contributed by atoms with Crippen molar-refractivity contribution in [2.24, 2.45) is 0 Å². The van der Waals surface area contributed by atoms with E-state index in [2.05, 4.69) is 225 Å². The predicted molar refractivity (Wildman–Crippen MR) is 264 cm³/mol. The van der Waals surface area contributed by atoms with Crippen LogP contribution < -0.4 is 14.5 Å². The second-order valence-corrected chi connectivity index (χ2v) is 21.2. The van der Waals surface area contributed by atoms with Crippen molar-refractivity contribution >= 4 is 44.6 Å². The molecule has 8 aromatic rings. The van der Waals surface area contributed by atoms with Gasteiger partial charge in [0.1, 0.15) is 5.82 Å². The maximum atomic E-state index is 6.68. The molecule has 0 unspecified atom stereocenters. The SMILES string of the molecule is CC(C)(C)c1ccc(-c2cc(N3[CH-]N(c4[c-]c(Oc5[c-]c6c(cc5)c5ccccc5n6-c5cc(C(C)(C)C)ccn5)ccc4)c4cc(C(C)(C)C)ccc43)cc(C(C)(C)C)c2)cc1.[Pt]. The molecule has 0 saturated heterocycles. The fourth-order valence-corrected chi connectivity index (χ4v) is 8.47. The number of fused-ring (bicyclic) bond motifs is 4. The molecule has 0 N–H and O–H groups in total. The molecule has 3 heterocycles. The molecule has 330 valence electrons. The van der Waals surface area contributed by atoms with Gasteiger partial charge in [0.2, 0.25) is 0 Å². The van der Waals surface area contributed by atoms with Gasteiger partial charge in [-0.3, -0.25) is 0 Å². The van der Waals surface area contributed by atoms with Crippen molar-refractivity contribution in [3.05, 3.63) is 175 Å². The zero-order chi connectivity index (χ0) is 44.6. The molecule has 0 saturated carbocycles. The number of anilines is 4. The van der Waals surface area contributed by atoms with Gasteiger partial charge in [0.15, 0.2) is 0 Å². The van der Waals surface area contributed by atoms with E-state index >= 15 is 0 Å². The largest absolute Gasteiger partial charge is 0.509 e. The van der Waals surface area contributed by atoms with E-state index in [0.29, 0.717) is 11.5 Å². The first-order valence-electron chi connectivity index (χ1n) is 22.2. The number of ether oxygens (including phenoxy) is 1. The number of para-hydroxylation sites is 1. The molecular formula is C58H59N4OPt-3. The van der Waals surface area contributed by atoms with Gasteiger partial charge in [0.05, 0.1) is 0 Å². The standard InChI is InChI=1S/C58H59N4O.Pt/c1-55(2,3)40-22-20-38(21-23-40)39-30-43(58(10,11)12)32-45(31-39)61-37-60(53-33-41(56(4,5)6)24-27-51(53)61)44-16-15-17-46(35-44)63-47-25-26-49-48-18-13-14-19-50(48)62(52(49)36-47)54-34-42(28-29-59-54)57(7,8)9;/h13-34,37H,1-12H3;/q-3;. The van der Waals surface area contributed by atoms with E-state index in [9.17, 15) is 0 Å². The molecule has 0 spiro atoms. The molecule has 0 radical (unpaired) electrons. The smallest absolute Gasteiger partial charge is 0.135 e. The minimum absolute atomic E-state index is 0. The van der Waals surface area contributed by atoms with Crippen molar-refractivity contribution in [3.8, 4) is 28.4 Å². The van der Waals surface area contributed by atoms with Crippen molar-refractivity contribution in [1.82, 2.24) is 9.55 Å². The maximum Gasteiger partial charge on any atom is 0.135 e. The van der Waals surface area contributed by atoms with Crippen molar-refractivity contribution in [2.75, 3.05) is 9.80 Å². The van der Waals surface area contributed by atoms with Gasteiger partial charge in [0, 0.05) is 61.3 Å². The number of benzene rings is 6. The Kier molecular flexibility index (Phi) is 11.5. The Morgan fingerprint density at radius 3 is 1.86 bits per heavy atom. The summed E-state index contributed by atoms with van der Waals surface area (Å²) in [6.45, 7) is 29.4. The Hall–Kier alpha value is -5.64. The van der Waals surface area contributed by atoms with E-state index in [4.69, 9.17) is 9.72 Å². The quantitative estimate of drug-likeness (QED) is 0.155. The molecule has 0 fully saturated rings. The Bertz CT molecular complexity index is 3010. The second-order valence-electron chi connectivity index (χ2n) is 21.2. The molecule has 6 heteroatoms. The van der Waals surface area contributed by atoms with E-state index < -0.39 is 0 Å². The van der Waals surface area contributed by atoms with E-state index in [0.717, 1.165) is 50.4 Å². The summed E-state index contributed by atoms with van der Waals surface area (Å²) in [6.07, 6.45) is 1.91. The van der Waals surface area contributed by atoms with Gasteiger partial charge in [0.25, 0.3) is 0 Å². The minimum Gasteiger partial charge on any atom is -0.509 e. The number of pyridine rings is 1. The Morgan fingerprint density at radius 2 is 1.16 bits per heavy atom. The predicted octanol–water partition coefficient (Wildman–Crippen LogP) is 15.8. The monoisotopic (exact) mass is 1020 g/mol. The van der Waals surface area contributed by atoms with Gasteiger partial charge < -0.3 is 19.1 Å². The number of hydrogen-bond donors (Lipinski definition) is 0. The Balaban J connectivity index is 0.00000560. The third-order valence-electron chi connectivity index (χ3n) is 12.4. The van der Waals surface area contributed by atoms with Gasteiger partial charge in [-0.15, -0.1) is 48.1 Å². The zero-order valence-electron chi connectivity index (χ0n) is 39.3. The minimum atomic E-state index is -0.0603. The van der Waals surface area contributed by atoms with Crippen molar-refractivity contribution in [3.63, 3.8) is 0 Å². The van der Waals surface area contributed by atoms with E-state index in [1.165, 1.54) is 33.4 Å². The summed E-state index contributed by atoms with van der Waals surface area (Å²) in [5.74, 6) is 2.07. The van der Waals surface area contributed by atoms with Gasteiger partial charge >= 0.3 is 0 Å². The molecule has 0 bridgehead atoms. The van der Waals surface area contributed by atoms with Crippen LogP contribution in [0.5, 0.6) is 11.5 Å². The van der Waals surface area contributed by atoms with Crippen LogP contribution in [0, 0.1) is 18.8 Å². The first-order valence-corrected chi connectivity index (χ1v) is 22.2. The van der Waals surface area contributed by atoms with E-state index in [1.54, 1.807) is 0 Å². The van der Waals surface area contributed by atoms with Crippen LogP contribution in [0.3, 0.4) is 0 Å². The topological polar surface area (TPSA) is 33.5 Å². The van der Waals surface area contributed by atoms with E-state index in [1.807, 2.05) is 24.4 Å². The molecule has 0 aliphatic carbocycles. The van der Waals surface area contributed by atoms with E-state index in [-0.39, 0.29) is 42.7 Å². The molecule has 6 aromatic carbocycles. The van der Waals surface area contributed by atoms with Gasteiger partial charge in [-0.1, -0.05) is 143 Å². The molecule has 64 heavy (non-hydrogen) atoms. The van der Waals surface area contributed by atoms with Crippen LogP contribution in [0.25, 0.3) is 38.8 Å². The van der Waals surface area contributed by atoms with Crippen LogP contribution in [0.1, 0.15) is 105 Å². The summed E-state index contributed by atoms with van der Waals surface area (Å²) >= 11 is 0. The number of nitrogens with zero attached hydrogens (tertiary/aromatic N) is 4. The number of aromatic nitrogens is 2. The molecule has 0 atom stereocenters. The second kappa shape index (κ2) is 16.4. The molecular weight excluding hydrogens is 964 g/mol. The first-order chi connectivity index (χ1) is 29.7. The van der Waals surface area contributed by atoms with Gasteiger partial charge in [-0.2, -0.15) is 12.1 Å². The number of hydrogen-bond acceptors (Lipinski definition) is 4. The Labute approximate surface area is 395 Å². The maximum absolute atomic E-state index is 6.68. The molecule has 5 nitrogen and oxygen atoms in total. The van der Waals surface area contributed by atoms with Crippen LogP contribution in [-0.4, -0.2) is 9.55 Å². The van der Waals surface area contributed by atoms with Crippen LogP contribution in [-0.2, 0) is 42.7 Å². The average molecular weight is 1020 g/mol. The van der Waals surface area contributed by atoms with Crippen LogP contribution in [0.15, 0.2) is 134 Å². The fraction of sp³-hybridized carbons (Fsp3) is 0.276. The summed E-state index contributed by atoms with van der Waals surface area (Å²) in [6, 6.07) is 53.3. The normalized spacial score (nSPS) is 13.4. The summed E-state index contributed by atoms with van der Waals surface area (Å²) < 4.78 is 8.88. The number of rotatable bonds is 6. The van der Waals surface area contributed by atoms with Crippen LogP contribution in [0.4, 0.5) is 22.7 Å². The summed E-state index contributed by atoms with van der Waals surface area (Å²) in [5.41, 5.74) is 13.6. The van der Waals surface area contributed by atoms with Gasteiger partial charge in [-0.25, -0.2) is 4.98 Å². The summed E-state index contributed by atoms with van der Waals surface area (Å²) in [7, 11) is 0. The summed E-state index contributed by atoms with van der Waals surface area (Å²) in [4.78, 5) is 9.44.